The van der Waals surface area contributed by atoms with Crippen molar-refractivity contribution >= 4 is 11.8 Å². The summed E-state index contributed by atoms with van der Waals surface area (Å²) in [6.45, 7) is 9.68. The van der Waals surface area contributed by atoms with Gasteiger partial charge in [-0.25, -0.2) is 0 Å². The highest BCUT2D eigenvalue weighted by molar-refractivity contribution is 5.79. The van der Waals surface area contributed by atoms with Crippen molar-refractivity contribution in [3.05, 3.63) is 0 Å². The molecule has 2 aliphatic rings. The van der Waals surface area contributed by atoms with Crippen LogP contribution in [0.25, 0.3) is 0 Å². The van der Waals surface area contributed by atoms with Crippen LogP contribution in [-0.2, 0) is 9.59 Å². The summed E-state index contributed by atoms with van der Waals surface area (Å²) in [6.07, 6.45) is 2.96. The molecule has 2 unspecified atom stereocenters. The minimum Gasteiger partial charge on any atom is -0.353 e. The van der Waals surface area contributed by atoms with Crippen LogP contribution in [0.1, 0.15) is 40.0 Å². The third-order valence-electron chi connectivity index (χ3n) is 5.24. The van der Waals surface area contributed by atoms with Gasteiger partial charge in [0.05, 0.1) is 19.2 Å². The molecule has 1 aliphatic heterocycles. The van der Waals surface area contributed by atoms with Crippen molar-refractivity contribution in [3.63, 3.8) is 0 Å². The summed E-state index contributed by atoms with van der Waals surface area (Å²) in [4.78, 5) is 28.4. The highest BCUT2D eigenvalue weighted by Gasteiger charge is 2.43. The van der Waals surface area contributed by atoms with Crippen molar-refractivity contribution in [3.8, 4) is 6.07 Å². The number of carbonyl (C=O) groups is 2. The molecule has 7 nitrogen and oxygen atoms in total. The number of hydrogen-bond acceptors (Lipinski definition) is 5. The van der Waals surface area contributed by atoms with Crippen LogP contribution in [0.5, 0.6) is 0 Å². The zero-order valence-corrected chi connectivity index (χ0v) is 15.7. The third-order valence-corrected chi connectivity index (χ3v) is 5.24. The van der Waals surface area contributed by atoms with Gasteiger partial charge in [0.15, 0.2) is 0 Å². The standard InChI is InChI=1S/C18H31N5O2/c1-4-14(2)20-16(24)11-22-7-9-23(10-8-22)12-17(25)21-18(3,13-19)15-5-6-15/h14-15H,4-12H2,1-3H3,(H,20,24)(H,21,25). The van der Waals surface area contributed by atoms with E-state index in [1.54, 1.807) is 0 Å². The van der Waals surface area contributed by atoms with E-state index in [0.717, 1.165) is 45.4 Å². The van der Waals surface area contributed by atoms with Gasteiger partial charge in [-0.2, -0.15) is 5.26 Å². The summed E-state index contributed by atoms with van der Waals surface area (Å²) < 4.78 is 0. The lowest BCUT2D eigenvalue weighted by Crippen LogP contribution is -2.54. The second kappa shape index (κ2) is 8.63. The number of rotatable bonds is 8. The lowest BCUT2D eigenvalue weighted by Gasteiger charge is -2.34. The maximum atomic E-state index is 12.3. The second-order valence-electron chi connectivity index (χ2n) is 7.57. The average Bonchev–Trinajstić information content (AvgIpc) is 3.41. The van der Waals surface area contributed by atoms with Crippen molar-refractivity contribution in [1.29, 1.82) is 5.26 Å². The number of amides is 2. The van der Waals surface area contributed by atoms with Crippen molar-refractivity contribution in [2.24, 2.45) is 5.92 Å². The van der Waals surface area contributed by atoms with Gasteiger partial charge >= 0.3 is 0 Å². The van der Waals surface area contributed by atoms with Crippen LogP contribution in [0, 0.1) is 17.2 Å². The molecule has 2 rings (SSSR count). The summed E-state index contributed by atoms with van der Waals surface area (Å²) in [5.41, 5.74) is -0.729. The third kappa shape index (κ3) is 5.98. The molecule has 1 saturated heterocycles. The monoisotopic (exact) mass is 349 g/mol. The van der Waals surface area contributed by atoms with Crippen molar-refractivity contribution in [2.45, 2.75) is 51.6 Å². The molecule has 0 radical (unpaired) electrons. The summed E-state index contributed by atoms with van der Waals surface area (Å²) in [7, 11) is 0. The van der Waals surface area contributed by atoms with E-state index in [9.17, 15) is 14.9 Å². The fraction of sp³-hybridized carbons (Fsp3) is 0.833. The van der Waals surface area contributed by atoms with Crippen molar-refractivity contribution in [2.75, 3.05) is 39.3 Å². The van der Waals surface area contributed by atoms with Crippen LogP contribution in [0.3, 0.4) is 0 Å². The van der Waals surface area contributed by atoms with Crippen molar-refractivity contribution in [1.82, 2.24) is 20.4 Å². The Morgan fingerprint density at radius 1 is 1.16 bits per heavy atom. The molecule has 0 spiro atoms. The molecule has 2 amide bonds. The number of piperazine rings is 1. The molecular weight excluding hydrogens is 318 g/mol. The smallest absolute Gasteiger partial charge is 0.235 e. The maximum Gasteiger partial charge on any atom is 0.235 e. The van der Waals surface area contributed by atoms with Gasteiger partial charge in [0.25, 0.3) is 0 Å². The Labute approximate surface area is 150 Å². The first-order valence-electron chi connectivity index (χ1n) is 9.32. The molecular formula is C18H31N5O2. The van der Waals surface area contributed by atoms with Crippen LogP contribution < -0.4 is 10.6 Å². The Bertz CT molecular complexity index is 520. The normalized spacial score (nSPS) is 22.5. The van der Waals surface area contributed by atoms with E-state index >= 15 is 0 Å². The largest absolute Gasteiger partial charge is 0.353 e. The predicted molar refractivity (Wildman–Crippen MR) is 95.7 cm³/mol. The number of nitrogens with zero attached hydrogens (tertiary/aromatic N) is 3. The van der Waals surface area contributed by atoms with Gasteiger partial charge in [0, 0.05) is 32.2 Å². The van der Waals surface area contributed by atoms with Gasteiger partial charge in [0.1, 0.15) is 5.54 Å². The fourth-order valence-corrected chi connectivity index (χ4v) is 3.15. The number of nitriles is 1. The Hall–Kier alpha value is -1.65. The Morgan fingerprint density at radius 3 is 2.12 bits per heavy atom. The minimum atomic E-state index is -0.729. The Kier molecular flexibility index (Phi) is 6.79. The molecule has 7 heteroatoms. The first kappa shape index (κ1) is 19.7. The Morgan fingerprint density at radius 2 is 1.68 bits per heavy atom. The van der Waals surface area contributed by atoms with Gasteiger partial charge in [-0.3, -0.25) is 19.4 Å². The van der Waals surface area contributed by atoms with Gasteiger partial charge < -0.3 is 10.6 Å². The molecule has 2 N–H and O–H groups in total. The lowest BCUT2D eigenvalue weighted by molar-refractivity contribution is -0.126. The lowest BCUT2D eigenvalue weighted by atomic mass is 9.98. The topological polar surface area (TPSA) is 88.5 Å². The van der Waals surface area contributed by atoms with Gasteiger partial charge in [-0.05, 0) is 39.0 Å². The van der Waals surface area contributed by atoms with E-state index in [2.05, 4.69) is 33.4 Å². The molecule has 25 heavy (non-hydrogen) atoms. The van der Waals surface area contributed by atoms with Crippen LogP contribution in [0.15, 0.2) is 0 Å². The van der Waals surface area contributed by atoms with Gasteiger partial charge in [-0.1, -0.05) is 6.92 Å². The highest BCUT2D eigenvalue weighted by Crippen LogP contribution is 2.39. The molecule has 0 bridgehead atoms. The molecule has 140 valence electrons. The molecule has 2 atom stereocenters. The van der Waals surface area contributed by atoms with E-state index in [0.29, 0.717) is 19.0 Å². The summed E-state index contributed by atoms with van der Waals surface area (Å²) in [6, 6.07) is 2.46. The molecule has 0 aromatic rings. The van der Waals surface area contributed by atoms with E-state index in [1.165, 1.54) is 0 Å². The summed E-state index contributed by atoms with van der Waals surface area (Å²) in [5.74, 6) is 0.274. The molecule has 1 heterocycles. The first-order chi connectivity index (χ1) is 11.9. The van der Waals surface area contributed by atoms with E-state index in [-0.39, 0.29) is 17.9 Å². The first-order valence-corrected chi connectivity index (χ1v) is 9.32. The molecule has 0 aromatic carbocycles. The van der Waals surface area contributed by atoms with Gasteiger partial charge in [-0.15, -0.1) is 0 Å². The molecule has 1 saturated carbocycles. The van der Waals surface area contributed by atoms with E-state index in [1.807, 2.05) is 13.8 Å². The minimum absolute atomic E-state index is 0.0646. The van der Waals surface area contributed by atoms with Crippen LogP contribution in [0.4, 0.5) is 0 Å². The average molecular weight is 349 g/mol. The predicted octanol–water partition coefficient (Wildman–Crippen LogP) is 0.327. The van der Waals surface area contributed by atoms with E-state index in [4.69, 9.17) is 0 Å². The Balaban J connectivity index is 1.69. The zero-order valence-electron chi connectivity index (χ0n) is 15.7. The van der Waals surface area contributed by atoms with Crippen LogP contribution >= 0.6 is 0 Å². The second-order valence-corrected chi connectivity index (χ2v) is 7.57. The summed E-state index contributed by atoms with van der Waals surface area (Å²) in [5, 5.41) is 15.2. The maximum absolute atomic E-state index is 12.3. The zero-order chi connectivity index (χ0) is 18.4. The summed E-state index contributed by atoms with van der Waals surface area (Å²) >= 11 is 0. The highest BCUT2D eigenvalue weighted by atomic mass is 16.2. The van der Waals surface area contributed by atoms with Gasteiger partial charge in [0.2, 0.25) is 11.8 Å². The molecule has 2 fully saturated rings. The molecule has 1 aliphatic carbocycles. The van der Waals surface area contributed by atoms with Crippen LogP contribution in [-0.4, -0.2) is 72.5 Å². The van der Waals surface area contributed by atoms with E-state index < -0.39 is 5.54 Å². The number of hydrogen-bond donors (Lipinski definition) is 2. The SMILES string of the molecule is CCC(C)NC(=O)CN1CCN(CC(=O)NC(C)(C#N)C2CC2)CC1. The number of carbonyl (C=O) groups excluding carboxylic acids is 2. The number of nitrogens with one attached hydrogen (secondary N) is 2. The van der Waals surface area contributed by atoms with Crippen molar-refractivity contribution < 1.29 is 9.59 Å². The fourth-order valence-electron chi connectivity index (χ4n) is 3.15. The molecule has 0 aromatic heterocycles. The quantitative estimate of drug-likeness (QED) is 0.659. The van der Waals surface area contributed by atoms with Crippen LogP contribution in [0.2, 0.25) is 0 Å².